The molecule has 0 aliphatic carbocycles. The minimum Gasteiger partial charge on any atom is -0.383 e. The molecule has 0 aromatic rings. The summed E-state index contributed by atoms with van der Waals surface area (Å²) in [4.78, 5) is 0. The largest absolute Gasteiger partial charge is 0.383 e. The van der Waals surface area contributed by atoms with Gasteiger partial charge >= 0.3 is 0 Å². The van der Waals surface area contributed by atoms with Gasteiger partial charge in [-0.3, -0.25) is 0 Å². The van der Waals surface area contributed by atoms with Crippen LogP contribution in [0.25, 0.3) is 0 Å². The van der Waals surface area contributed by atoms with Gasteiger partial charge in [0.2, 0.25) is 0 Å². The third-order valence-electron chi connectivity index (χ3n) is 3.76. The third-order valence-corrected chi connectivity index (χ3v) is 3.76. The van der Waals surface area contributed by atoms with Crippen molar-refractivity contribution in [3.05, 3.63) is 0 Å². The summed E-state index contributed by atoms with van der Waals surface area (Å²) in [5, 5.41) is 3.50. The van der Waals surface area contributed by atoms with Gasteiger partial charge < -0.3 is 10.1 Å². The molecular formula is C16H35NO. The van der Waals surface area contributed by atoms with Crippen LogP contribution in [0, 0.1) is 11.8 Å². The Balaban J connectivity index is 3.51. The molecule has 0 amide bonds. The van der Waals surface area contributed by atoms with Crippen molar-refractivity contribution >= 4 is 0 Å². The molecule has 0 heterocycles. The van der Waals surface area contributed by atoms with Crippen molar-refractivity contribution < 1.29 is 4.74 Å². The molecule has 110 valence electrons. The second-order valence-electron chi connectivity index (χ2n) is 5.76. The van der Waals surface area contributed by atoms with Crippen LogP contribution in [0.4, 0.5) is 0 Å². The Kier molecular flexibility index (Phi) is 13.3. The Bertz CT molecular complexity index is 159. The number of hydrogen-bond donors (Lipinski definition) is 1. The standard InChI is InChI=1S/C16H35NO/c1-5-6-7-8-9-10-11-16(15(2)3)14-17-12-13-18-4/h15-17H,5-14H2,1-4H3. The highest BCUT2D eigenvalue weighted by Gasteiger charge is 2.12. The van der Waals surface area contributed by atoms with Crippen LogP contribution in [0.1, 0.15) is 65.7 Å². The minimum atomic E-state index is 0.788. The van der Waals surface area contributed by atoms with E-state index in [1.807, 2.05) is 0 Å². The van der Waals surface area contributed by atoms with E-state index in [-0.39, 0.29) is 0 Å². The van der Waals surface area contributed by atoms with E-state index >= 15 is 0 Å². The van der Waals surface area contributed by atoms with Gasteiger partial charge in [0.25, 0.3) is 0 Å². The topological polar surface area (TPSA) is 21.3 Å². The summed E-state index contributed by atoms with van der Waals surface area (Å²) >= 11 is 0. The van der Waals surface area contributed by atoms with Gasteiger partial charge in [0.05, 0.1) is 6.61 Å². The van der Waals surface area contributed by atoms with Gasteiger partial charge in [-0.15, -0.1) is 0 Å². The first-order valence-electron chi connectivity index (χ1n) is 7.92. The number of hydrogen-bond acceptors (Lipinski definition) is 2. The summed E-state index contributed by atoms with van der Waals surface area (Å²) in [5.74, 6) is 1.61. The minimum absolute atomic E-state index is 0.788. The van der Waals surface area contributed by atoms with Gasteiger partial charge in [0, 0.05) is 13.7 Å². The molecule has 1 unspecified atom stereocenters. The zero-order valence-electron chi connectivity index (χ0n) is 13.1. The fraction of sp³-hybridized carbons (Fsp3) is 1.00. The monoisotopic (exact) mass is 257 g/mol. The van der Waals surface area contributed by atoms with E-state index in [1.165, 1.54) is 44.9 Å². The van der Waals surface area contributed by atoms with Gasteiger partial charge in [-0.25, -0.2) is 0 Å². The Morgan fingerprint density at radius 3 is 2.28 bits per heavy atom. The van der Waals surface area contributed by atoms with Crippen LogP contribution < -0.4 is 5.32 Å². The average Bonchev–Trinajstić information content (AvgIpc) is 2.35. The molecule has 2 heteroatoms. The molecule has 0 saturated heterocycles. The van der Waals surface area contributed by atoms with Crippen molar-refractivity contribution in [1.82, 2.24) is 5.32 Å². The van der Waals surface area contributed by atoms with Gasteiger partial charge in [-0.1, -0.05) is 59.3 Å². The van der Waals surface area contributed by atoms with E-state index < -0.39 is 0 Å². The van der Waals surface area contributed by atoms with Gasteiger partial charge in [-0.2, -0.15) is 0 Å². The molecule has 0 bridgehead atoms. The molecule has 1 N–H and O–H groups in total. The Hall–Kier alpha value is -0.0800. The van der Waals surface area contributed by atoms with Gasteiger partial charge in [-0.05, 0) is 24.8 Å². The molecule has 0 radical (unpaired) electrons. The third kappa shape index (κ3) is 11.0. The lowest BCUT2D eigenvalue weighted by atomic mass is 9.90. The normalized spacial score (nSPS) is 13.2. The van der Waals surface area contributed by atoms with Crippen LogP contribution in [0.3, 0.4) is 0 Å². The summed E-state index contributed by atoms with van der Waals surface area (Å²) in [6, 6.07) is 0. The highest BCUT2D eigenvalue weighted by molar-refractivity contribution is 4.66. The van der Waals surface area contributed by atoms with E-state index in [2.05, 4.69) is 26.1 Å². The number of ether oxygens (including phenoxy) is 1. The number of rotatable bonds is 13. The molecule has 18 heavy (non-hydrogen) atoms. The van der Waals surface area contributed by atoms with E-state index in [1.54, 1.807) is 7.11 Å². The molecule has 0 aliphatic rings. The molecule has 0 spiro atoms. The maximum absolute atomic E-state index is 5.06. The van der Waals surface area contributed by atoms with Gasteiger partial charge in [0.1, 0.15) is 0 Å². The molecule has 1 atom stereocenters. The number of unbranched alkanes of at least 4 members (excludes halogenated alkanes) is 5. The molecule has 0 rings (SSSR count). The van der Waals surface area contributed by atoms with Crippen molar-refractivity contribution in [2.24, 2.45) is 11.8 Å². The molecule has 0 saturated carbocycles. The van der Waals surface area contributed by atoms with Crippen molar-refractivity contribution in [1.29, 1.82) is 0 Å². The summed E-state index contributed by atoms with van der Waals surface area (Å²) in [7, 11) is 1.76. The van der Waals surface area contributed by atoms with Gasteiger partial charge in [0.15, 0.2) is 0 Å². The van der Waals surface area contributed by atoms with Crippen molar-refractivity contribution in [2.75, 3.05) is 26.8 Å². The quantitative estimate of drug-likeness (QED) is 0.498. The van der Waals surface area contributed by atoms with E-state index in [9.17, 15) is 0 Å². The van der Waals surface area contributed by atoms with Crippen molar-refractivity contribution in [3.63, 3.8) is 0 Å². The van der Waals surface area contributed by atoms with E-state index in [4.69, 9.17) is 4.74 Å². The first kappa shape index (κ1) is 17.9. The Labute approximate surface area is 115 Å². The Morgan fingerprint density at radius 1 is 1.00 bits per heavy atom. The summed E-state index contributed by atoms with van der Waals surface area (Å²) in [5.41, 5.74) is 0. The molecule has 0 aliphatic heterocycles. The smallest absolute Gasteiger partial charge is 0.0587 e. The van der Waals surface area contributed by atoms with Crippen LogP contribution in [0.5, 0.6) is 0 Å². The average molecular weight is 257 g/mol. The molecule has 0 aromatic carbocycles. The highest BCUT2D eigenvalue weighted by atomic mass is 16.5. The van der Waals surface area contributed by atoms with Crippen molar-refractivity contribution in [3.8, 4) is 0 Å². The summed E-state index contributed by atoms with van der Waals surface area (Å²) in [6.45, 7) is 9.92. The molecule has 0 fully saturated rings. The van der Waals surface area contributed by atoms with E-state index in [0.717, 1.165) is 31.5 Å². The molecule has 2 nitrogen and oxygen atoms in total. The van der Waals surface area contributed by atoms with E-state index in [0.29, 0.717) is 0 Å². The Morgan fingerprint density at radius 2 is 1.67 bits per heavy atom. The first-order chi connectivity index (χ1) is 8.72. The lowest BCUT2D eigenvalue weighted by Gasteiger charge is -2.21. The fourth-order valence-corrected chi connectivity index (χ4v) is 2.32. The van der Waals surface area contributed by atoms with Crippen LogP contribution in [0.2, 0.25) is 0 Å². The zero-order chi connectivity index (χ0) is 13.6. The predicted octanol–water partition coefficient (Wildman–Crippen LogP) is 4.25. The summed E-state index contributed by atoms with van der Waals surface area (Å²) < 4.78 is 5.06. The first-order valence-corrected chi connectivity index (χ1v) is 7.92. The second kappa shape index (κ2) is 13.4. The second-order valence-corrected chi connectivity index (χ2v) is 5.76. The predicted molar refractivity (Wildman–Crippen MR) is 81.1 cm³/mol. The van der Waals surface area contributed by atoms with Crippen LogP contribution >= 0.6 is 0 Å². The van der Waals surface area contributed by atoms with Crippen LogP contribution in [0.15, 0.2) is 0 Å². The van der Waals surface area contributed by atoms with Crippen LogP contribution in [-0.2, 0) is 4.74 Å². The lowest BCUT2D eigenvalue weighted by Crippen LogP contribution is -2.28. The zero-order valence-corrected chi connectivity index (χ0v) is 13.1. The van der Waals surface area contributed by atoms with Crippen molar-refractivity contribution in [2.45, 2.75) is 65.7 Å². The maximum atomic E-state index is 5.06. The fourth-order valence-electron chi connectivity index (χ4n) is 2.32. The molecule has 0 aromatic heterocycles. The lowest BCUT2D eigenvalue weighted by molar-refractivity contribution is 0.195. The highest BCUT2D eigenvalue weighted by Crippen LogP contribution is 2.18. The number of methoxy groups -OCH3 is 1. The SMILES string of the molecule is CCCCCCCCC(CNCCOC)C(C)C. The maximum Gasteiger partial charge on any atom is 0.0587 e. The molecular weight excluding hydrogens is 222 g/mol. The van der Waals surface area contributed by atoms with Crippen LogP contribution in [-0.4, -0.2) is 26.8 Å². The summed E-state index contributed by atoms with van der Waals surface area (Å²) in [6.07, 6.45) is 9.80. The number of nitrogens with one attached hydrogen (secondary N) is 1.